The van der Waals surface area contributed by atoms with Crippen molar-refractivity contribution < 1.29 is 19.0 Å². The third kappa shape index (κ3) is 3.88. The van der Waals surface area contributed by atoms with Gasteiger partial charge in [-0.3, -0.25) is 0 Å². The van der Waals surface area contributed by atoms with Gasteiger partial charge in [-0.25, -0.2) is 14.8 Å². The van der Waals surface area contributed by atoms with E-state index in [4.69, 9.17) is 9.47 Å². The summed E-state index contributed by atoms with van der Waals surface area (Å²) in [4.78, 5) is 21.5. The van der Waals surface area contributed by atoms with E-state index in [-0.39, 0.29) is 5.82 Å². The van der Waals surface area contributed by atoms with E-state index in [1.54, 1.807) is 20.3 Å². The Morgan fingerprint density at radius 1 is 1.13 bits per heavy atom. The molecule has 7 heteroatoms. The summed E-state index contributed by atoms with van der Waals surface area (Å²) in [5.74, 6) is 1.43. The predicted octanol–water partition coefficient (Wildman–Crippen LogP) is 1.92. The average Bonchev–Trinajstić information content (AvgIpc) is 2.60. The minimum absolute atomic E-state index is 0.0316. The molecule has 0 unspecified atom stereocenters. The van der Waals surface area contributed by atoms with Gasteiger partial charge in [-0.05, 0) is 23.8 Å². The molecule has 0 saturated heterocycles. The molecule has 0 N–H and O–H groups in total. The van der Waals surface area contributed by atoms with E-state index in [9.17, 15) is 4.79 Å². The van der Waals surface area contributed by atoms with Crippen molar-refractivity contribution in [3.05, 3.63) is 41.9 Å². The highest BCUT2D eigenvalue weighted by molar-refractivity contribution is 5.85. The second-order valence-electron chi connectivity index (χ2n) is 4.78. The number of rotatable bonds is 6. The molecule has 1 aromatic heterocycles. The van der Waals surface area contributed by atoms with Crippen LogP contribution in [0, 0.1) is 0 Å². The quantitative estimate of drug-likeness (QED) is 0.753. The van der Waals surface area contributed by atoms with Crippen LogP contribution in [-0.2, 0) is 11.3 Å². The van der Waals surface area contributed by atoms with Gasteiger partial charge in [0.05, 0.1) is 21.3 Å². The van der Waals surface area contributed by atoms with Crippen molar-refractivity contribution in [2.45, 2.75) is 6.54 Å². The van der Waals surface area contributed by atoms with E-state index in [0.29, 0.717) is 23.9 Å². The van der Waals surface area contributed by atoms with Crippen LogP contribution in [0.3, 0.4) is 0 Å². The van der Waals surface area contributed by atoms with Crippen LogP contribution in [0.2, 0.25) is 0 Å². The fourth-order valence-electron chi connectivity index (χ4n) is 2.09. The molecule has 2 rings (SSSR count). The number of hydrogen-bond donors (Lipinski definition) is 0. The molecule has 7 nitrogen and oxygen atoms in total. The maximum absolute atomic E-state index is 11.5. The van der Waals surface area contributed by atoms with Gasteiger partial charge in [0.1, 0.15) is 5.82 Å². The average molecular weight is 317 g/mol. The van der Waals surface area contributed by atoms with Crippen LogP contribution in [0.25, 0.3) is 0 Å². The number of anilines is 1. The smallest absolute Gasteiger partial charge is 0.376 e. The molecule has 0 saturated carbocycles. The van der Waals surface area contributed by atoms with Crippen LogP contribution in [0.1, 0.15) is 16.2 Å². The number of benzene rings is 1. The Morgan fingerprint density at radius 3 is 2.52 bits per heavy atom. The molecule has 1 aromatic carbocycles. The van der Waals surface area contributed by atoms with E-state index in [1.165, 1.54) is 13.3 Å². The van der Waals surface area contributed by atoms with Crippen LogP contribution in [-0.4, -0.2) is 44.3 Å². The normalized spacial score (nSPS) is 10.1. The molecule has 122 valence electrons. The van der Waals surface area contributed by atoms with Gasteiger partial charge >= 0.3 is 5.97 Å². The van der Waals surface area contributed by atoms with Crippen molar-refractivity contribution in [2.75, 3.05) is 33.3 Å². The molecular formula is C16H19N3O4. The Kier molecular flexibility index (Phi) is 5.35. The van der Waals surface area contributed by atoms with Crippen LogP contribution in [0.4, 0.5) is 5.82 Å². The first-order valence-electron chi connectivity index (χ1n) is 6.92. The zero-order valence-corrected chi connectivity index (χ0v) is 13.6. The Hall–Kier alpha value is -2.83. The second-order valence-corrected chi connectivity index (χ2v) is 4.78. The maximum atomic E-state index is 11.5. The van der Waals surface area contributed by atoms with Crippen molar-refractivity contribution in [1.82, 2.24) is 9.97 Å². The molecule has 0 fully saturated rings. The zero-order chi connectivity index (χ0) is 16.8. The van der Waals surface area contributed by atoms with E-state index in [2.05, 4.69) is 14.7 Å². The molecular weight excluding hydrogens is 298 g/mol. The SMILES string of the molecule is COC(=O)c1nccc(N(C)Cc2ccc(OC)c(OC)c2)n1. The highest BCUT2D eigenvalue weighted by Crippen LogP contribution is 2.28. The molecule has 0 aliphatic carbocycles. The summed E-state index contributed by atoms with van der Waals surface area (Å²) >= 11 is 0. The number of aromatic nitrogens is 2. The first kappa shape index (κ1) is 16.5. The van der Waals surface area contributed by atoms with Crippen LogP contribution >= 0.6 is 0 Å². The van der Waals surface area contributed by atoms with Gasteiger partial charge in [0.25, 0.3) is 0 Å². The molecule has 23 heavy (non-hydrogen) atoms. The Labute approximate surface area is 134 Å². The molecule has 2 aromatic rings. The molecule has 0 radical (unpaired) electrons. The minimum atomic E-state index is -0.564. The minimum Gasteiger partial charge on any atom is -0.493 e. The van der Waals surface area contributed by atoms with Crippen molar-refractivity contribution in [1.29, 1.82) is 0 Å². The lowest BCUT2D eigenvalue weighted by molar-refractivity contribution is 0.0587. The first-order chi connectivity index (χ1) is 11.1. The lowest BCUT2D eigenvalue weighted by Crippen LogP contribution is -2.19. The number of methoxy groups -OCH3 is 3. The predicted molar refractivity (Wildman–Crippen MR) is 85.0 cm³/mol. The molecule has 0 atom stereocenters. The number of nitrogens with zero attached hydrogens (tertiary/aromatic N) is 3. The maximum Gasteiger partial charge on any atom is 0.376 e. The van der Waals surface area contributed by atoms with Gasteiger partial charge in [-0.1, -0.05) is 6.07 Å². The van der Waals surface area contributed by atoms with Crippen LogP contribution in [0.15, 0.2) is 30.5 Å². The second kappa shape index (κ2) is 7.44. The van der Waals surface area contributed by atoms with Gasteiger partial charge in [0, 0.05) is 19.8 Å². The van der Waals surface area contributed by atoms with E-state index < -0.39 is 5.97 Å². The summed E-state index contributed by atoms with van der Waals surface area (Å²) in [6.07, 6.45) is 1.53. The van der Waals surface area contributed by atoms with Gasteiger partial charge in [-0.2, -0.15) is 0 Å². The van der Waals surface area contributed by atoms with E-state index in [0.717, 1.165) is 5.56 Å². The monoisotopic (exact) mass is 317 g/mol. The molecule has 0 spiro atoms. The van der Waals surface area contributed by atoms with Gasteiger partial charge in [0.15, 0.2) is 11.5 Å². The summed E-state index contributed by atoms with van der Waals surface area (Å²) in [6, 6.07) is 7.42. The zero-order valence-electron chi connectivity index (χ0n) is 13.6. The number of carbonyl (C=O) groups is 1. The third-order valence-electron chi connectivity index (χ3n) is 3.27. The fraction of sp³-hybridized carbons (Fsp3) is 0.312. The Bertz CT molecular complexity index is 691. The molecule has 0 amide bonds. The number of ether oxygens (including phenoxy) is 3. The lowest BCUT2D eigenvalue weighted by Gasteiger charge is -2.19. The van der Waals surface area contributed by atoms with Crippen molar-refractivity contribution in [3.63, 3.8) is 0 Å². The standard InChI is InChI=1S/C16H19N3O4/c1-19(14-7-8-17-15(18-14)16(20)23-4)10-11-5-6-12(21-2)13(9-11)22-3/h5-9H,10H2,1-4H3. The Morgan fingerprint density at radius 2 is 1.87 bits per heavy atom. The van der Waals surface area contributed by atoms with Gasteiger partial charge < -0.3 is 19.1 Å². The van der Waals surface area contributed by atoms with Crippen molar-refractivity contribution in [3.8, 4) is 11.5 Å². The number of esters is 1. The van der Waals surface area contributed by atoms with Crippen molar-refractivity contribution in [2.24, 2.45) is 0 Å². The summed E-state index contributed by atoms with van der Waals surface area (Å²) in [5.41, 5.74) is 1.02. The van der Waals surface area contributed by atoms with Crippen LogP contribution < -0.4 is 14.4 Å². The van der Waals surface area contributed by atoms with Crippen LogP contribution in [0.5, 0.6) is 11.5 Å². The summed E-state index contributed by atoms with van der Waals surface area (Å²) < 4.78 is 15.2. The number of carbonyl (C=O) groups excluding carboxylic acids is 1. The third-order valence-corrected chi connectivity index (χ3v) is 3.27. The lowest BCUT2D eigenvalue weighted by atomic mass is 10.2. The molecule has 0 bridgehead atoms. The first-order valence-corrected chi connectivity index (χ1v) is 6.92. The summed E-state index contributed by atoms with van der Waals surface area (Å²) in [5, 5.41) is 0. The van der Waals surface area contributed by atoms with Gasteiger partial charge in [-0.15, -0.1) is 0 Å². The summed E-state index contributed by atoms with van der Waals surface area (Å²) in [7, 11) is 6.36. The highest BCUT2D eigenvalue weighted by atomic mass is 16.5. The molecule has 0 aliphatic rings. The van der Waals surface area contributed by atoms with E-state index >= 15 is 0 Å². The fourth-order valence-corrected chi connectivity index (χ4v) is 2.09. The molecule has 0 aliphatic heterocycles. The highest BCUT2D eigenvalue weighted by Gasteiger charge is 2.12. The largest absolute Gasteiger partial charge is 0.493 e. The van der Waals surface area contributed by atoms with Gasteiger partial charge in [0.2, 0.25) is 5.82 Å². The number of hydrogen-bond acceptors (Lipinski definition) is 7. The van der Waals surface area contributed by atoms with E-state index in [1.807, 2.05) is 30.1 Å². The Balaban J connectivity index is 2.19. The summed E-state index contributed by atoms with van der Waals surface area (Å²) in [6.45, 7) is 0.581. The topological polar surface area (TPSA) is 73.8 Å². The molecule has 1 heterocycles. The van der Waals surface area contributed by atoms with Crippen molar-refractivity contribution >= 4 is 11.8 Å².